The molecule has 1 aromatic heterocycles. The predicted octanol–water partition coefficient (Wildman–Crippen LogP) is 0.0762. The van der Waals surface area contributed by atoms with Crippen LogP contribution in [0.25, 0.3) is 0 Å². The van der Waals surface area contributed by atoms with Gasteiger partial charge in [0.2, 0.25) is 0 Å². The zero-order valence-electron chi connectivity index (χ0n) is 9.08. The van der Waals surface area contributed by atoms with Gasteiger partial charge in [0.25, 0.3) is 0 Å². The van der Waals surface area contributed by atoms with E-state index in [-0.39, 0.29) is 0 Å². The van der Waals surface area contributed by atoms with Crippen molar-refractivity contribution in [2.75, 3.05) is 26.3 Å². The number of hydrogen-bond donors (Lipinski definition) is 0. The summed E-state index contributed by atoms with van der Waals surface area (Å²) >= 11 is 0. The third-order valence-electron chi connectivity index (χ3n) is 2.73. The molecule has 0 bridgehead atoms. The highest BCUT2D eigenvalue weighted by molar-refractivity contribution is 4.95. The minimum atomic E-state index is 0.412. The van der Waals surface area contributed by atoms with E-state index in [4.69, 9.17) is 9.47 Å². The van der Waals surface area contributed by atoms with Gasteiger partial charge in [-0.15, -0.1) is 0 Å². The summed E-state index contributed by atoms with van der Waals surface area (Å²) in [5.74, 6) is 0. The maximum atomic E-state index is 5.26. The summed E-state index contributed by atoms with van der Waals surface area (Å²) in [6, 6.07) is 0. The fourth-order valence-corrected chi connectivity index (χ4v) is 1.77. The SMILES string of the molecule is c1cnc(CN(CC2CO2)CC2CO2)cn1. The molecule has 0 aromatic carbocycles. The number of aromatic nitrogens is 2. The van der Waals surface area contributed by atoms with Crippen LogP contribution >= 0.6 is 0 Å². The molecular weight excluding hydrogens is 206 g/mol. The first-order valence-electron chi connectivity index (χ1n) is 5.60. The average Bonchev–Trinajstić information content (AvgIpc) is 3.15. The van der Waals surface area contributed by atoms with Gasteiger partial charge in [-0.25, -0.2) is 0 Å². The Morgan fingerprint density at radius 2 is 1.88 bits per heavy atom. The minimum Gasteiger partial charge on any atom is -0.372 e. The van der Waals surface area contributed by atoms with E-state index in [0.29, 0.717) is 12.2 Å². The molecule has 2 atom stereocenters. The van der Waals surface area contributed by atoms with Crippen molar-refractivity contribution < 1.29 is 9.47 Å². The molecule has 2 fully saturated rings. The summed E-state index contributed by atoms with van der Waals surface area (Å²) in [4.78, 5) is 10.7. The van der Waals surface area contributed by atoms with Gasteiger partial charge in [0.1, 0.15) is 0 Å². The van der Waals surface area contributed by atoms with Crippen LogP contribution in [0.15, 0.2) is 18.6 Å². The largest absolute Gasteiger partial charge is 0.372 e. The molecule has 3 heterocycles. The minimum absolute atomic E-state index is 0.412. The van der Waals surface area contributed by atoms with Crippen LogP contribution in [0.1, 0.15) is 5.69 Å². The van der Waals surface area contributed by atoms with Gasteiger partial charge in [-0.2, -0.15) is 0 Å². The van der Waals surface area contributed by atoms with Crippen LogP contribution in [0.4, 0.5) is 0 Å². The molecule has 5 nitrogen and oxygen atoms in total. The third-order valence-corrected chi connectivity index (χ3v) is 2.73. The van der Waals surface area contributed by atoms with E-state index >= 15 is 0 Å². The van der Waals surface area contributed by atoms with E-state index in [1.807, 2.05) is 6.20 Å². The normalized spacial score (nSPS) is 27.1. The van der Waals surface area contributed by atoms with Crippen LogP contribution in [0.2, 0.25) is 0 Å². The second-order valence-electron chi connectivity index (χ2n) is 4.30. The Hall–Kier alpha value is -1.04. The molecule has 0 aliphatic carbocycles. The van der Waals surface area contributed by atoms with Crippen LogP contribution in [0.5, 0.6) is 0 Å². The van der Waals surface area contributed by atoms with Crippen molar-refractivity contribution in [1.29, 1.82) is 0 Å². The smallest absolute Gasteiger partial charge is 0.0936 e. The van der Waals surface area contributed by atoms with Crippen LogP contribution in [0, 0.1) is 0 Å². The average molecular weight is 221 g/mol. The van der Waals surface area contributed by atoms with Crippen molar-refractivity contribution in [2.24, 2.45) is 0 Å². The molecule has 1 aromatic rings. The van der Waals surface area contributed by atoms with Gasteiger partial charge in [-0.1, -0.05) is 0 Å². The van der Waals surface area contributed by atoms with Crippen molar-refractivity contribution in [1.82, 2.24) is 14.9 Å². The lowest BCUT2D eigenvalue weighted by atomic mass is 10.3. The molecular formula is C11H15N3O2. The molecule has 0 N–H and O–H groups in total. The predicted molar refractivity (Wildman–Crippen MR) is 56.8 cm³/mol. The van der Waals surface area contributed by atoms with Gasteiger partial charge < -0.3 is 9.47 Å². The van der Waals surface area contributed by atoms with Crippen molar-refractivity contribution in [3.8, 4) is 0 Å². The summed E-state index contributed by atoms with van der Waals surface area (Å²) in [5.41, 5.74) is 1.00. The number of ether oxygens (including phenoxy) is 2. The maximum absolute atomic E-state index is 5.26. The zero-order valence-corrected chi connectivity index (χ0v) is 9.08. The number of epoxide rings is 2. The Morgan fingerprint density at radius 1 is 1.19 bits per heavy atom. The van der Waals surface area contributed by atoms with Crippen molar-refractivity contribution >= 4 is 0 Å². The van der Waals surface area contributed by atoms with Gasteiger partial charge in [0, 0.05) is 38.2 Å². The second kappa shape index (κ2) is 4.45. The molecule has 2 aliphatic heterocycles. The first-order valence-corrected chi connectivity index (χ1v) is 5.60. The van der Waals surface area contributed by atoms with E-state index in [1.54, 1.807) is 12.4 Å². The van der Waals surface area contributed by atoms with Gasteiger partial charge in [-0.05, 0) is 0 Å². The van der Waals surface area contributed by atoms with Crippen molar-refractivity contribution in [3.63, 3.8) is 0 Å². The van der Waals surface area contributed by atoms with E-state index in [9.17, 15) is 0 Å². The zero-order chi connectivity index (χ0) is 10.8. The lowest BCUT2D eigenvalue weighted by Crippen LogP contribution is -2.31. The first kappa shape index (κ1) is 10.1. The van der Waals surface area contributed by atoms with Gasteiger partial charge in [-0.3, -0.25) is 14.9 Å². The highest BCUT2D eigenvalue weighted by Crippen LogP contribution is 2.17. The van der Waals surface area contributed by atoms with E-state index in [2.05, 4.69) is 14.9 Å². The molecule has 16 heavy (non-hydrogen) atoms. The topological polar surface area (TPSA) is 54.1 Å². The Balaban J connectivity index is 1.57. The van der Waals surface area contributed by atoms with Gasteiger partial charge in [0.05, 0.1) is 31.1 Å². The van der Waals surface area contributed by atoms with Gasteiger partial charge >= 0.3 is 0 Å². The quantitative estimate of drug-likeness (QED) is 0.637. The number of rotatable bonds is 6. The Bertz CT molecular complexity index is 324. The van der Waals surface area contributed by atoms with Crippen molar-refractivity contribution in [3.05, 3.63) is 24.3 Å². The summed E-state index contributed by atoms with van der Waals surface area (Å²) in [7, 11) is 0. The lowest BCUT2D eigenvalue weighted by molar-refractivity contribution is 0.211. The van der Waals surface area contributed by atoms with Crippen LogP contribution in [0.3, 0.4) is 0 Å². The first-order chi connectivity index (χ1) is 7.90. The second-order valence-corrected chi connectivity index (χ2v) is 4.30. The molecule has 0 amide bonds. The van der Waals surface area contributed by atoms with E-state index in [1.165, 1.54) is 0 Å². The highest BCUT2D eigenvalue weighted by atomic mass is 16.6. The van der Waals surface area contributed by atoms with E-state index < -0.39 is 0 Å². The maximum Gasteiger partial charge on any atom is 0.0936 e. The summed E-state index contributed by atoms with van der Waals surface area (Å²) in [6.45, 7) is 4.55. The molecule has 3 rings (SSSR count). The lowest BCUT2D eigenvalue weighted by Gasteiger charge is -2.19. The third kappa shape index (κ3) is 2.98. The summed E-state index contributed by atoms with van der Waals surface area (Å²) in [6.07, 6.45) is 6.07. The summed E-state index contributed by atoms with van der Waals surface area (Å²) in [5, 5.41) is 0. The molecule has 0 spiro atoms. The molecule has 2 saturated heterocycles. The molecule has 86 valence electrons. The molecule has 0 saturated carbocycles. The van der Waals surface area contributed by atoms with Crippen molar-refractivity contribution in [2.45, 2.75) is 18.8 Å². The Labute approximate surface area is 94.4 Å². The number of hydrogen-bond acceptors (Lipinski definition) is 5. The molecule has 5 heteroatoms. The van der Waals surface area contributed by atoms with Crippen LogP contribution in [-0.4, -0.2) is 53.4 Å². The summed E-state index contributed by atoms with van der Waals surface area (Å²) < 4.78 is 10.5. The monoisotopic (exact) mass is 221 g/mol. The number of nitrogens with zero attached hydrogens (tertiary/aromatic N) is 3. The molecule has 2 unspecified atom stereocenters. The van der Waals surface area contributed by atoms with Crippen LogP contribution in [-0.2, 0) is 16.0 Å². The fraction of sp³-hybridized carbons (Fsp3) is 0.636. The van der Waals surface area contributed by atoms with Crippen LogP contribution < -0.4 is 0 Å². The highest BCUT2D eigenvalue weighted by Gasteiger charge is 2.30. The Kier molecular flexibility index (Phi) is 2.82. The molecule has 0 radical (unpaired) electrons. The molecule has 2 aliphatic rings. The Morgan fingerprint density at radius 3 is 2.38 bits per heavy atom. The fourth-order valence-electron chi connectivity index (χ4n) is 1.77. The van der Waals surface area contributed by atoms with E-state index in [0.717, 1.165) is 38.5 Å². The standard InChI is InChI=1S/C11H15N3O2/c1-2-13-9(3-12-1)4-14(5-10-7-15-10)6-11-8-16-11/h1-3,10-11H,4-8H2. The van der Waals surface area contributed by atoms with Gasteiger partial charge in [0.15, 0.2) is 0 Å².